The van der Waals surface area contributed by atoms with Gasteiger partial charge in [0.25, 0.3) is 0 Å². The van der Waals surface area contributed by atoms with Crippen LogP contribution in [0.2, 0.25) is 0 Å². The number of hydrogen-bond donors (Lipinski definition) is 2. The highest BCUT2D eigenvalue weighted by molar-refractivity contribution is 5.78. The van der Waals surface area contributed by atoms with Crippen LogP contribution in [0.25, 0.3) is 0 Å². The van der Waals surface area contributed by atoms with Gasteiger partial charge in [0, 0.05) is 6.04 Å². The second-order valence-electron chi connectivity index (χ2n) is 5.65. The van der Waals surface area contributed by atoms with Crippen molar-refractivity contribution in [3.05, 3.63) is 0 Å². The normalized spacial score (nSPS) is 18.2. The van der Waals surface area contributed by atoms with E-state index in [4.69, 9.17) is 0 Å². The fraction of sp³-hybridized carbons (Fsp3) is 0.929. The highest BCUT2D eigenvalue weighted by Gasteiger charge is 2.20. The number of hydrogen-bond acceptors (Lipinski definition) is 3. The Kier molecular flexibility index (Phi) is 7.28. The Morgan fingerprint density at radius 1 is 1.33 bits per heavy atom. The van der Waals surface area contributed by atoms with Crippen LogP contribution in [0.4, 0.5) is 0 Å². The van der Waals surface area contributed by atoms with E-state index in [-0.39, 0.29) is 11.9 Å². The molecule has 0 aliphatic carbocycles. The maximum absolute atomic E-state index is 11.6. The molecule has 106 valence electrons. The minimum atomic E-state index is 0.160. The van der Waals surface area contributed by atoms with Gasteiger partial charge >= 0.3 is 0 Å². The quantitative estimate of drug-likeness (QED) is 0.672. The molecule has 4 nitrogen and oxygen atoms in total. The zero-order valence-electron chi connectivity index (χ0n) is 12.2. The van der Waals surface area contributed by atoms with Crippen LogP contribution in [-0.2, 0) is 4.79 Å². The van der Waals surface area contributed by atoms with Crippen molar-refractivity contribution in [1.82, 2.24) is 15.5 Å². The van der Waals surface area contributed by atoms with Crippen LogP contribution >= 0.6 is 0 Å². The first kappa shape index (κ1) is 15.4. The number of rotatable bonds is 7. The molecular formula is C14H29N3O. The molecule has 0 aromatic heterocycles. The summed E-state index contributed by atoms with van der Waals surface area (Å²) in [7, 11) is 0. The number of nitrogens with zero attached hydrogens (tertiary/aromatic N) is 1. The zero-order valence-corrected chi connectivity index (χ0v) is 12.2. The maximum atomic E-state index is 11.6. The molecular weight excluding hydrogens is 226 g/mol. The SMILES string of the molecule is CCCNCC1CCN(CC(=O)NC(C)C)CC1. The number of piperidine rings is 1. The van der Waals surface area contributed by atoms with Crippen molar-refractivity contribution in [3.8, 4) is 0 Å². The molecule has 0 unspecified atom stereocenters. The Bertz CT molecular complexity index is 235. The molecule has 4 heteroatoms. The van der Waals surface area contributed by atoms with Crippen LogP contribution in [0.15, 0.2) is 0 Å². The fourth-order valence-corrected chi connectivity index (χ4v) is 2.40. The molecule has 0 aromatic rings. The molecule has 0 atom stereocenters. The Labute approximate surface area is 111 Å². The van der Waals surface area contributed by atoms with E-state index in [1.807, 2.05) is 13.8 Å². The third kappa shape index (κ3) is 6.36. The summed E-state index contributed by atoms with van der Waals surface area (Å²) in [5.74, 6) is 0.952. The first-order valence-corrected chi connectivity index (χ1v) is 7.34. The topological polar surface area (TPSA) is 44.4 Å². The Morgan fingerprint density at radius 3 is 2.56 bits per heavy atom. The van der Waals surface area contributed by atoms with Gasteiger partial charge in [0.15, 0.2) is 0 Å². The maximum Gasteiger partial charge on any atom is 0.234 e. The van der Waals surface area contributed by atoms with Crippen molar-refractivity contribution in [2.45, 2.75) is 46.1 Å². The van der Waals surface area contributed by atoms with Crippen molar-refractivity contribution in [3.63, 3.8) is 0 Å². The molecule has 1 fully saturated rings. The lowest BCUT2D eigenvalue weighted by Gasteiger charge is -2.31. The molecule has 0 bridgehead atoms. The summed E-state index contributed by atoms with van der Waals surface area (Å²) in [5, 5.41) is 6.44. The van der Waals surface area contributed by atoms with E-state index in [0.29, 0.717) is 6.54 Å². The monoisotopic (exact) mass is 255 g/mol. The van der Waals surface area contributed by atoms with Crippen LogP contribution in [0, 0.1) is 5.92 Å². The fourth-order valence-electron chi connectivity index (χ4n) is 2.40. The van der Waals surface area contributed by atoms with E-state index in [0.717, 1.165) is 32.1 Å². The minimum absolute atomic E-state index is 0.160. The van der Waals surface area contributed by atoms with Gasteiger partial charge in [-0.1, -0.05) is 6.92 Å². The van der Waals surface area contributed by atoms with E-state index in [1.165, 1.54) is 19.3 Å². The standard InChI is InChI=1S/C14H29N3O/c1-4-7-15-10-13-5-8-17(9-6-13)11-14(18)16-12(2)3/h12-13,15H,4-11H2,1-3H3,(H,16,18). The highest BCUT2D eigenvalue weighted by atomic mass is 16.2. The van der Waals surface area contributed by atoms with Gasteiger partial charge in [-0.3, -0.25) is 9.69 Å². The van der Waals surface area contributed by atoms with E-state index in [9.17, 15) is 4.79 Å². The van der Waals surface area contributed by atoms with Gasteiger partial charge in [-0.05, 0) is 65.2 Å². The summed E-state index contributed by atoms with van der Waals surface area (Å²) in [5.41, 5.74) is 0. The number of amides is 1. The summed E-state index contributed by atoms with van der Waals surface area (Å²) in [6, 6.07) is 0.244. The summed E-state index contributed by atoms with van der Waals surface area (Å²) in [4.78, 5) is 13.9. The summed E-state index contributed by atoms with van der Waals surface area (Å²) < 4.78 is 0. The second-order valence-corrected chi connectivity index (χ2v) is 5.65. The molecule has 1 aliphatic heterocycles. The smallest absolute Gasteiger partial charge is 0.234 e. The summed E-state index contributed by atoms with van der Waals surface area (Å²) in [6.45, 7) is 11.1. The van der Waals surface area contributed by atoms with E-state index < -0.39 is 0 Å². The molecule has 0 radical (unpaired) electrons. The first-order chi connectivity index (χ1) is 8.61. The Hall–Kier alpha value is -0.610. The van der Waals surface area contributed by atoms with Gasteiger partial charge in [-0.15, -0.1) is 0 Å². The van der Waals surface area contributed by atoms with Crippen LogP contribution in [0.1, 0.15) is 40.0 Å². The van der Waals surface area contributed by atoms with Crippen molar-refractivity contribution in [1.29, 1.82) is 0 Å². The lowest BCUT2D eigenvalue weighted by molar-refractivity contribution is -0.123. The molecule has 1 aliphatic rings. The Balaban J connectivity index is 2.13. The van der Waals surface area contributed by atoms with Gasteiger partial charge in [-0.25, -0.2) is 0 Å². The van der Waals surface area contributed by atoms with Crippen molar-refractivity contribution < 1.29 is 4.79 Å². The third-order valence-electron chi connectivity index (χ3n) is 3.38. The lowest BCUT2D eigenvalue weighted by atomic mass is 9.97. The number of likely N-dealkylation sites (tertiary alicyclic amines) is 1. The average molecular weight is 255 g/mol. The average Bonchev–Trinajstić information content (AvgIpc) is 2.30. The zero-order chi connectivity index (χ0) is 13.4. The predicted molar refractivity (Wildman–Crippen MR) is 75.6 cm³/mol. The summed E-state index contributed by atoms with van der Waals surface area (Å²) >= 11 is 0. The van der Waals surface area contributed by atoms with E-state index in [1.54, 1.807) is 0 Å². The van der Waals surface area contributed by atoms with Crippen molar-refractivity contribution in [2.24, 2.45) is 5.92 Å². The van der Waals surface area contributed by atoms with Crippen LogP contribution in [-0.4, -0.2) is 49.6 Å². The second kappa shape index (κ2) is 8.48. The molecule has 1 heterocycles. The molecule has 0 saturated carbocycles. The van der Waals surface area contributed by atoms with Crippen LogP contribution in [0.5, 0.6) is 0 Å². The van der Waals surface area contributed by atoms with Gasteiger partial charge in [0.1, 0.15) is 0 Å². The van der Waals surface area contributed by atoms with Crippen LogP contribution < -0.4 is 10.6 Å². The highest BCUT2D eigenvalue weighted by Crippen LogP contribution is 2.15. The van der Waals surface area contributed by atoms with Gasteiger partial charge in [0.05, 0.1) is 6.54 Å². The van der Waals surface area contributed by atoms with Gasteiger partial charge < -0.3 is 10.6 Å². The van der Waals surface area contributed by atoms with Crippen LogP contribution in [0.3, 0.4) is 0 Å². The molecule has 1 saturated heterocycles. The first-order valence-electron chi connectivity index (χ1n) is 7.34. The molecule has 2 N–H and O–H groups in total. The largest absolute Gasteiger partial charge is 0.353 e. The van der Waals surface area contributed by atoms with Gasteiger partial charge in [0.2, 0.25) is 5.91 Å². The van der Waals surface area contributed by atoms with E-state index >= 15 is 0 Å². The third-order valence-corrected chi connectivity index (χ3v) is 3.38. The molecule has 1 rings (SSSR count). The van der Waals surface area contributed by atoms with Crippen molar-refractivity contribution >= 4 is 5.91 Å². The predicted octanol–water partition coefficient (Wildman–Crippen LogP) is 1.22. The molecule has 0 spiro atoms. The molecule has 18 heavy (non-hydrogen) atoms. The number of nitrogens with one attached hydrogen (secondary N) is 2. The van der Waals surface area contributed by atoms with Gasteiger partial charge in [-0.2, -0.15) is 0 Å². The minimum Gasteiger partial charge on any atom is -0.353 e. The number of carbonyl (C=O) groups excluding carboxylic acids is 1. The molecule has 0 aromatic carbocycles. The van der Waals surface area contributed by atoms with E-state index in [2.05, 4.69) is 22.5 Å². The molecule has 1 amide bonds. The Morgan fingerprint density at radius 2 is 2.00 bits per heavy atom. The summed E-state index contributed by atoms with van der Waals surface area (Å²) in [6.07, 6.45) is 3.63. The lowest BCUT2D eigenvalue weighted by Crippen LogP contribution is -2.44. The number of carbonyl (C=O) groups is 1. The van der Waals surface area contributed by atoms with Crippen molar-refractivity contribution in [2.75, 3.05) is 32.7 Å².